The molecule has 102 valence electrons. The number of carbonyl (C=O) groups is 1. The zero-order chi connectivity index (χ0) is 13.8. The highest BCUT2D eigenvalue weighted by atomic mass is 16.5. The number of methoxy groups -OCH3 is 1. The number of primary amides is 1. The van der Waals surface area contributed by atoms with Crippen LogP contribution in [0.25, 0.3) is 0 Å². The van der Waals surface area contributed by atoms with Gasteiger partial charge in [-0.25, -0.2) is 4.68 Å². The first-order valence-corrected chi connectivity index (χ1v) is 5.73. The Morgan fingerprint density at radius 2 is 2.22 bits per heavy atom. The molecule has 1 rings (SSSR count). The van der Waals surface area contributed by atoms with E-state index in [0.717, 1.165) is 0 Å². The molecule has 0 fully saturated rings. The maximum atomic E-state index is 11.2. The van der Waals surface area contributed by atoms with Crippen LogP contribution in [0.5, 0.6) is 0 Å². The van der Waals surface area contributed by atoms with Gasteiger partial charge in [-0.1, -0.05) is 19.1 Å². The highest BCUT2D eigenvalue weighted by molar-refractivity contribution is 5.91. The van der Waals surface area contributed by atoms with Gasteiger partial charge in [-0.05, 0) is 0 Å². The van der Waals surface area contributed by atoms with Gasteiger partial charge in [-0.2, -0.15) is 0 Å². The number of aliphatic hydroxyl groups excluding tert-OH is 1. The van der Waals surface area contributed by atoms with E-state index in [9.17, 15) is 9.90 Å². The molecule has 0 aliphatic rings. The van der Waals surface area contributed by atoms with Crippen molar-refractivity contribution in [2.75, 3.05) is 20.3 Å². The van der Waals surface area contributed by atoms with Gasteiger partial charge in [-0.15, -0.1) is 5.10 Å². The lowest BCUT2D eigenvalue weighted by molar-refractivity contribution is 0.0993. The third kappa shape index (κ3) is 3.51. The molecule has 0 spiro atoms. The fraction of sp³-hybridized carbons (Fsp3) is 0.727. The smallest absolute Gasteiger partial charge is 0.271 e. The summed E-state index contributed by atoms with van der Waals surface area (Å²) < 4.78 is 6.60. The highest BCUT2D eigenvalue weighted by Gasteiger charge is 2.23. The summed E-state index contributed by atoms with van der Waals surface area (Å²) in [6.45, 7) is 4.73. The van der Waals surface area contributed by atoms with Crippen molar-refractivity contribution in [3.8, 4) is 0 Å². The maximum absolute atomic E-state index is 11.2. The average molecular weight is 256 g/mol. The van der Waals surface area contributed by atoms with Gasteiger partial charge in [-0.3, -0.25) is 4.79 Å². The van der Waals surface area contributed by atoms with E-state index >= 15 is 0 Å². The zero-order valence-electron chi connectivity index (χ0n) is 11.0. The van der Waals surface area contributed by atoms with Crippen molar-refractivity contribution in [2.24, 2.45) is 11.1 Å². The molecule has 0 saturated heterocycles. The Morgan fingerprint density at radius 1 is 1.56 bits per heavy atom. The summed E-state index contributed by atoms with van der Waals surface area (Å²) >= 11 is 0. The molecule has 1 aromatic heterocycles. The number of ether oxygens (including phenoxy) is 1. The lowest BCUT2D eigenvalue weighted by Crippen LogP contribution is -2.26. The largest absolute Gasteiger partial charge is 0.396 e. The first-order chi connectivity index (χ1) is 8.41. The molecule has 1 amide bonds. The third-order valence-corrected chi connectivity index (χ3v) is 2.62. The Hall–Kier alpha value is -1.47. The van der Waals surface area contributed by atoms with Crippen LogP contribution in [0, 0.1) is 5.41 Å². The predicted molar refractivity (Wildman–Crippen MR) is 65.0 cm³/mol. The molecule has 0 unspecified atom stereocenters. The maximum Gasteiger partial charge on any atom is 0.271 e. The van der Waals surface area contributed by atoms with Crippen molar-refractivity contribution < 1.29 is 14.6 Å². The molecule has 0 saturated carbocycles. The van der Waals surface area contributed by atoms with Crippen LogP contribution in [-0.2, 0) is 17.7 Å². The van der Waals surface area contributed by atoms with Crippen molar-refractivity contribution in [3.63, 3.8) is 0 Å². The van der Waals surface area contributed by atoms with Crippen molar-refractivity contribution in [1.82, 2.24) is 15.0 Å². The number of nitrogens with zero attached hydrogens (tertiary/aromatic N) is 3. The summed E-state index contributed by atoms with van der Waals surface area (Å²) in [5.41, 5.74) is 5.72. The van der Waals surface area contributed by atoms with Gasteiger partial charge in [0.05, 0.1) is 18.8 Å². The van der Waals surface area contributed by atoms with Crippen LogP contribution in [0.1, 0.15) is 30.0 Å². The van der Waals surface area contributed by atoms with E-state index in [1.165, 1.54) is 0 Å². The van der Waals surface area contributed by atoms with Crippen LogP contribution in [0.2, 0.25) is 0 Å². The van der Waals surface area contributed by atoms with Gasteiger partial charge in [0, 0.05) is 25.6 Å². The lowest BCUT2D eigenvalue weighted by Gasteiger charge is -2.22. The topological polar surface area (TPSA) is 103 Å². The number of aliphatic hydroxyl groups is 1. The van der Waals surface area contributed by atoms with Crippen molar-refractivity contribution >= 4 is 5.91 Å². The third-order valence-electron chi connectivity index (χ3n) is 2.62. The van der Waals surface area contributed by atoms with Crippen LogP contribution >= 0.6 is 0 Å². The molecule has 0 aromatic carbocycles. The fourth-order valence-electron chi connectivity index (χ4n) is 1.55. The average Bonchev–Trinajstić information content (AvgIpc) is 2.69. The summed E-state index contributed by atoms with van der Waals surface area (Å²) in [5, 5.41) is 17.0. The minimum Gasteiger partial charge on any atom is -0.396 e. The van der Waals surface area contributed by atoms with E-state index in [1.807, 2.05) is 13.8 Å². The first-order valence-electron chi connectivity index (χ1n) is 5.73. The Morgan fingerprint density at radius 3 is 2.72 bits per heavy atom. The van der Waals surface area contributed by atoms with E-state index in [4.69, 9.17) is 10.5 Å². The highest BCUT2D eigenvalue weighted by Crippen LogP contribution is 2.18. The Bertz CT molecular complexity index is 414. The number of aromatic nitrogens is 3. The number of amides is 1. The monoisotopic (exact) mass is 256 g/mol. The van der Waals surface area contributed by atoms with Crippen LogP contribution in [0.4, 0.5) is 0 Å². The lowest BCUT2D eigenvalue weighted by atomic mass is 9.95. The second kappa shape index (κ2) is 5.92. The molecular weight excluding hydrogens is 236 g/mol. The molecule has 0 radical (unpaired) electrons. The van der Waals surface area contributed by atoms with Gasteiger partial charge in [0.1, 0.15) is 0 Å². The van der Waals surface area contributed by atoms with E-state index < -0.39 is 5.91 Å². The predicted octanol–water partition coefficient (Wildman–Crippen LogP) is -0.416. The van der Waals surface area contributed by atoms with E-state index in [-0.39, 0.29) is 17.7 Å². The fourth-order valence-corrected chi connectivity index (χ4v) is 1.55. The van der Waals surface area contributed by atoms with Gasteiger partial charge in [0.25, 0.3) is 5.91 Å². The second-order valence-corrected chi connectivity index (χ2v) is 4.97. The summed E-state index contributed by atoms with van der Waals surface area (Å²) in [6.07, 6.45) is 0.503. The molecule has 3 N–H and O–H groups in total. The van der Waals surface area contributed by atoms with E-state index in [0.29, 0.717) is 25.3 Å². The molecule has 18 heavy (non-hydrogen) atoms. The van der Waals surface area contributed by atoms with Crippen molar-refractivity contribution in [1.29, 1.82) is 0 Å². The molecule has 0 aliphatic carbocycles. The molecule has 0 aliphatic heterocycles. The number of nitrogens with two attached hydrogens (primary N) is 1. The Labute approximate surface area is 106 Å². The van der Waals surface area contributed by atoms with Crippen molar-refractivity contribution in [2.45, 2.75) is 26.8 Å². The Kier molecular flexibility index (Phi) is 4.80. The van der Waals surface area contributed by atoms with Gasteiger partial charge >= 0.3 is 0 Å². The zero-order valence-corrected chi connectivity index (χ0v) is 11.0. The minimum atomic E-state index is -0.603. The quantitative estimate of drug-likeness (QED) is 0.690. The molecule has 7 heteroatoms. The van der Waals surface area contributed by atoms with E-state index in [1.54, 1.807) is 11.8 Å². The van der Waals surface area contributed by atoms with Crippen molar-refractivity contribution in [3.05, 3.63) is 11.4 Å². The Balaban J connectivity index is 3.00. The molecule has 7 nitrogen and oxygen atoms in total. The summed E-state index contributed by atoms with van der Waals surface area (Å²) in [5.74, 6) is -0.603. The molecular formula is C11H20N4O3. The number of rotatable bonds is 7. The summed E-state index contributed by atoms with van der Waals surface area (Å²) in [6, 6.07) is 0. The molecule has 1 heterocycles. The van der Waals surface area contributed by atoms with Crippen LogP contribution in [0.15, 0.2) is 0 Å². The molecule has 0 bridgehead atoms. The van der Waals surface area contributed by atoms with Gasteiger partial charge in [0.15, 0.2) is 5.69 Å². The SMILES string of the molecule is COCCc1c(C(N)=O)nnn1CC(C)(C)CO. The minimum absolute atomic E-state index is 0.0164. The van der Waals surface area contributed by atoms with Crippen LogP contribution < -0.4 is 5.73 Å². The number of hydrogen-bond acceptors (Lipinski definition) is 5. The van der Waals surface area contributed by atoms with Crippen LogP contribution in [-0.4, -0.2) is 46.3 Å². The second-order valence-electron chi connectivity index (χ2n) is 4.97. The summed E-state index contributed by atoms with van der Waals surface area (Å²) in [7, 11) is 1.58. The number of carbonyl (C=O) groups excluding carboxylic acids is 1. The van der Waals surface area contributed by atoms with Gasteiger partial charge in [0.2, 0.25) is 0 Å². The molecule has 1 aromatic rings. The standard InChI is InChI=1S/C11H20N4O3/c1-11(2,7-16)6-15-8(4-5-18-3)9(10(12)17)13-14-15/h16H,4-7H2,1-3H3,(H2,12,17). The first kappa shape index (κ1) is 14.6. The summed E-state index contributed by atoms with van der Waals surface area (Å²) in [4.78, 5) is 11.2. The number of hydrogen-bond donors (Lipinski definition) is 2. The normalized spacial score (nSPS) is 11.8. The van der Waals surface area contributed by atoms with Crippen LogP contribution in [0.3, 0.4) is 0 Å². The molecule has 0 atom stereocenters. The van der Waals surface area contributed by atoms with E-state index in [2.05, 4.69) is 10.3 Å². The van der Waals surface area contributed by atoms with Gasteiger partial charge < -0.3 is 15.6 Å².